The molecule has 0 spiro atoms. The molecule has 0 bridgehead atoms. The number of aryl methyl sites for hydroxylation is 2. The second-order valence-corrected chi connectivity index (χ2v) is 8.47. The van der Waals surface area contributed by atoms with Gasteiger partial charge in [0.05, 0.1) is 35.9 Å². The van der Waals surface area contributed by atoms with E-state index in [1.165, 1.54) is 11.1 Å². The van der Waals surface area contributed by atoms with Gasteiger partial charge in [-0.2, -0.15) is 5.10 Å². The summed E-state index contributed by atoms with van der Waals surface area (Å²) >= 11 is 0. The molecular weight excluding hydrogens is 400 g/mol. The van der Waals surface area contributed by atoms with Crippen molar-refractivity contribution in [3.05, 3.63) is 71.0 Å². The summed E-state index contributed by atoms with van der Waals surface area (Å²) in [4.78, 5) is 15.2. The Morgan fingerprint density at radius 3 is 2.50 bits per heavy atom. The maximum absolute atomic E-state index is 13.0. The third-order valence-electron chi connectivity index (χ3n) is 6.12. The third-order valence-corrected chi connectivity index (χ3v) is 6.12. The molecule has 1 unspecified atom stereocenters. The van der Waals surface area contributed by atoms with Crippen LogP contribution >= 0.6 is 0 Å². The minimum atomic E-state index is -0.00232. The lowest BCUT2D eigenvalue weighted by Crippen LogP contribution is -2.33. The third kappa shape index (κ3) is 4.70. The van der Waals surface area contributed by atoms with Gasteiger partial charge in [0.15, 0.2) is 0 Å². The van der Waals surface area contributed by atoms with Crippen molar-refractivity contribution in [2.45, 2.75) is 46.6 Å². The number of hydrogen-bond acceptors (Lipinski definition) is 4. The number of amides is 1. The zero-order valence-corrected chi connectivity index (χ0v) is 19.4. The Morgan fingerprint density at radius 1 is 1.09 bits per heavy atom. The van der Waals surface area contributed by atoms with Crippen molar-refractivity contribution in [3.63, 3.8) is 0 Å². The average molecular weight is 433 g/mol. The maximum atomic E-state index is 13.0. The first-order chi connectivity index (χ1) is 15.5. The number of hydrogen-bond donors (Lipinski definition) is 1. The number of benzene rings is 2. The largest absolute Gasteiger partial charge is 0.494 e. The number of carbonyl (C=O) groups excluding carboxylic acids is 1. The second kappa shape index (κ2) is 9.57. The summed E-state index contributed by atoms with van der Waals surface area (Å²) in [5.74, 6) is 0.882. The van der Waals surface area contributed by atoms with Gasteiger partial charge in [-0.15, -0.1) is 0 Å². The highest BCUT2D eigenvalue weighted by Crippen LogP contribution is 2.32. The summed E-state index contributed by atoms with van der Waals surface area (Å²) in [6, 6.07) is 16.8. The molecule has 2 aromatic carbocycles. The fraction of sp³-hybridized carbons (Fsp3) is 0.385. The smallest absolute Gasteiger partial charge is 0.238 e. The highest BCUT2D eigenvalue weighted by atomic mass is 16.5. The molecule has 32 heavy (non-hydrogen) atoms. The van der Waals surface area contributed by atoms with Crippen LogP contribution in [-0.2, 0) is 4.79 Å². The van der Waals surface area contributed by atoms with E-state index < -0.39 is 0 Å². The van der Waals surface area contributed by atoms with Crippen molar-refractivity contribution in [1.29, 1.82) is 0 Å². The van der Waals surface area contributed by atoms with E-state index in [1.54, 1.807) is 0 Å². The minimum Gasteiger partial charge on any atom is -0.494 e. The van der Waals surface area contributed by atoms with Crippen molar-refractivity contribution in [2.24, 2.45) is 0 Å². The van der Waals surface area contributed by atoms with Crippen LogP contribution in [0.5, 0.6) is 5.75 Å². The molecule has 0 saturated carbocycles. The molecule has 1 fully saturated rings. The van der Waals surface area contributed by atoms with Crippen LogP contribution in [0.2, 0.25) is 0 Å². The average Bonchev–Trinajstić information content (AvgIpc) is 3.35. The monoisotopic (exact) mass is 432 g/mol. The first-order valence-electron chi connectivity index (χ1n) is 11.4. The van der Waals surface area contributed by atoms with Gasteiger partial charge in [0.2, 0.25) is 5.91 Å². The number of rotatable bonds is 7. The van der Waals surface area contributed by atoms with Gasteiger partial charge < -0.3 is 10.1 Å². The summed E-state index contributed by atoms with van der Waals surface area (Å²) in [6.45, 7) is 9.93. The molecule has 6 heteroatoms. The Bertz CT molecular complexity index is 1070. The first kappa shape index (κ1) is 22.1. The van der Waals surface area contributed by atoms with Crippen LogP contribution in [0, 0.1) is 20.8 Å². The molecule has 168 valence electrons. The summed E-state index contributed by atoms with van der Waals surface area (Å²) in [7, 11) is 0. The summed E-state index contributed by atoms with van der Waals surface area (Å²) in [5.41, 5.74) is 5.99. The molecule has 0 radical (unpaired) electrons. The predicted octanol–water partition coefficient (Wildman–Crippen LogP) is 4.97. The number of carbonyl (C=O) groups is 1. The van der Waals surface area contributed by atoms with Crippen molar-refractivity contribution in [2.75, 3.05) is 25.0 Å². The molecule has 1 N–H and O–H groups in total. The summed E-state index contributed by atoms with van der Waals surface area (Å²) in [6.07, 6.45) is 2.15. The maximum Gasteiger partial charge on any atom is 0.238 e. The van der Waals surface area contributed by atoms with Gasteiger partial charge in [0.25, 0.3) is 0 Å². The number of aromatic nitrogens is 2. The van der Waals surface area contributed by atoms with Gasteiger partial charge in [0.1, 0.15) is 5.75 Å². The number of ether oxygens (including phenoxy) is 1. The van der Waals surface area contributed by atoms with E-state index in [9.17, 15) is 4.79 Å². The van der Waals surface area contributed by atoms with E-state index in [2.05, 4.69) is 46.5 Å². The second-order valence-electron chi connectivity index (χ2n) is 8.47. The van der Waals surface area contributed by atoms with Crippen LogP contribution in [0.1, 0.15) is 48.3 Å². The molecule has 1 amide bonds. The SMILES string of the molecule is CCOc1ccc(C2CCCN2CC(=O)Nc2c(C)nn(-c3ccc(C)cc3)c2C)cc1. The van der Waals surface area contributed by atoms with Crippen LogP contribution in [-0.4, -0.2) is 40.3 Å². The normalized spacial score (nSPS) is 16.3. The fourth-order valence-corrected chi connectivity index (χ4v) is 4.47. The van der Waals surface area contributed by atoms with E-state index in [1.807, 2.05) is 49.7 Å². The van der Waals surface area contributed by atoms with Crippen molar-refractivity contribution in [1.82, 2.24) is 14.7 Å². The molecule has 1 saturated heterocycles. The fourth-order valence-electron chi connectivity index (χ4n) is 4.47. The standard InChI is InChI=1S/C26H32N4O2/c1-5-32-23-14-10-21(11-15-23)24-7-6-16-29(24)17-25(31)27-26-19(3)28-30(20(26)4)22-12-8-18(2)9-13-22/h8-15,24H,5-7,16-17H2,1-4H3,(H,27,31). The van der Waals surface area contributed by atoms with E-state index in [4.69, 9.17) is 4.74 Å². The minimum absolute atomic E-state index is 0.00232. The van der Waals surface area contributed by atoms with Crippen LogP contribution < -0.4 is 10.1 Å². The van der Waals surface area contributed by atoms with E-state index in [-0.39, 0.29) is 11.9 Å². The predicted molar refractivity (Wildman–Crippen MR) is 128 cm³/mol. The molecule has 1 aliphatic rings. The Morgan fingerprint density at radius 2 is 1.81 bits per heavy atom. The van der Waals surface area contributed by atoms with Crippen LogP contribution in [0.15, 0.2) is 48.5 Å². The Labute approximate surface area is 190 Å². The lowest BCUT2D eigenvalue weighted by atomic mass is 10.0. The summed E-state index contributed by atoms with van der Waals surface area (Å²) in [5, 5.41) is 7.78. The Balaban J connectivity index is 1.44. The molecule has 2 heterocycles. The number of nitrogens with one attached hydrogen (secondary N) is 1. The first-order valence-corrected chi connectivity index (χ1v) is 11.4. The van der Waals surface area contributed by atoms with Gasteiger partial charge in [0, 0.05) is 6.04 Å². The van der Waals surface area contributed by atoms with Gasteiger partial charge in [-0.3, -0.25) is 9.69 Å². The molecule has 6 nitrogen and oxygen atoms in total. The highest BCUT2D eigenvalue weighted by Gasteiger charge is 2.28. The topological polar surface area (TPSA) is 59.4 Å². The number of nitrogens with zero attached hydrogens (tertiary/aromatic N) is 3. The lowest BCUT2D eigenvalue weighted by Gasteiger charge is -2.24. The highest BCUT2D eigenvalue weighted by molar-refractivity contribution is 5.93. The van der Waals surface area contributed by atoms with Crippen molar-refractivity contribution in [3.8, 4) is 11.4 Å². The van der Waals surface area contributed by atoms with Crippen molar-refractivity contribution >= 4 is 11.6 Å². The number of anilines is 1. The van der Waals surface area contributed by atoms with Gasteiger partial charge in [-0.05, 0) is 76.9 Å². The van der Waals surface area contributed by atoms with Gasteiger partial charge >= 0.3 is 0 Å². The van der Waals surface area contributed by atoms with E-state index >= 15 is 0 Å². The molecule has 1 aliphatic heterocycles. The quantitative estimate of drug-likeness (QED) is 0.573. The van der Waals surface area contributed by atoms with Crippen LogP contribution in [0.25, 0.3) is 5.69 Å². The van der Waals surface area contributed by atoms with Crippen molar-refractivity contribution < 1.29 is 9.53 Å². The molecule has 0 aliphatic carbocycles. The molecule has 3 aromatic rings. The molecule has 4 rings (SSSR count). The Kier molecular flexibility index (Phi) is 6.61. The molecular formula is C26H32N4O2. The molecule has 1 aromatic heterocycles. The van der Waals surface area contributed by atoms with E-state index in [0.717, 1.165) is 47.9 Å². The Hall–Kier alpha value is -3.12. The van der Waals surface area contributed by atoms with Crippen LogP contribution in [0.3, 0.4) is 0 Å². The zero-order valence-electron chi connectivity index (χ0n) is 19.4. The van der Waals surface area contributed by atoms with Gasteiger partial charge in [-0.25, -0.2) is 4.68 Å². The number of likely N-dealkylation sites (tertiary alicyclic amines) is 1. The van der Waals surface area contributed by atoms with Gasteiger partial charge in [-0.1, -0.05) is 29.8 Å². The zero-order chi connectivity index (χ0) is 22.7. The molecule has 1 atom stereocenters. The van der Waals surface area contributed by atoms with Crippen LogP contribution in [0.4, 0.5) is 5.69 Å². The lowest BCUT2D eigenvalue weighted by molar-refractivity contribution is -0.117. The van der Waals surface area contributed by atoms with E-state index in [0.29, 0.717) is 13.2 Å². The summed E-state index contributed by atoms with van der Waals surface area (Å²) < 4.78 is 7.45.